The van der Waals surface area contributed by atoms with Crippen molar-refractivity contribution < 1.29 is 9.53 Å². The summed E-state index contributed by atoms with van der Waals surface area (Å²) < 4.78 is 5.54. The van der Waals surface area contributed by atoms with Crippen LogP contribution >= 0.6 is 0 Å². The third-order valence-corrected chi connectivity index (χ3v) is 4.54. The highest BCUT2D eigenvalue weighted by atomic mass is 16.6. The molecule has 1 amide bonds. The van der Waals surface area contributed by atoms with Gasteiger partial charge < -0.3 is 10.1 Å². The molecule has 0 aromatic heterocycles. The number of hydrogen-bond donors (Lipinski definition) is 1. The van der Waals surface area contributed by atoms with Crippen molar-refractivity contribution in [2.24, 2.45) is 0 Å². The van der Waals surface area contributed by atoms with E-state index in [-0.39, 0.29) is 6.09 Å². The van der Waals surface area contributed by atoms with Gasteiger partial charge in [0.15, 0.2) is 0 Å². The second-order valence-electron chi connectivity index (χ2n) is 7.70. The van der Waals surface area contributed by atoms with E-state index >= 15 is 0 Å². The van der Waals surface area contributed by atoms with Gasteiger partial charge in [-0.1, -0.05) is 12.8 Å². The van der Waals surface area contributed by atoms with Crippen LogP contribution in [0, 0.1) is 0 Å². The Labute approximate surface area is 139 Å². The van der Waals surface area contributed by atoms with Gasteiger partial charge in [-0.3, -0.25) is 4.90 Å². The van der Waals surface area contributed by atoms with Gasteiger partial charge in [-0.15, -0.1) is 0 Å². The molecule has 1 aliphatic heterocycles. The van der Waals surface area contributed by atoms with Crippen molar-refractivity contribution in [1.29, 1.82) is 0 Å². The van der Waals surface area contributed by atoms with Gasteiger partial charge in [-0.25, -0.2) is 4.79 Å². The maximum absolute atomic E-state index is 12.4. The molecule has 23 heavy (non-hydrogen) atoms. The number of benzene rings is 1. The molecular weight excluding hydrogens is 288 g/mol. The van der Waals surface area contributed by atoms with Gasteiger partial charge >= 0.3 is 6.09 Å². The fourth-order valence-corrected chi connectivity index (χ4v) is 3.50. The average molecular weight is 316 g/mol. The van der Waals surface area contributed by atoms with Crippen LogP contribution in [0.1, 0.15) is 58.4 Å². The second-order valence-corrected chi connectivity index (χ2v) is 7.70. The molecule has 126 valence electrons. The zero-order chi connectivity index (χ0) is 16.4. The monoisotopic (exact) mass is 316 g/mol. The summed E-state index contributed by atoms with van der Waals surface area (Å²) >= 11 is 0. The molecule has 4 nitrogen and oxygen atoms in total. The molecule has 1 N–H and O–H groups in total. The van der Waals surface area contributed by atoms with Crippen molar-refractivity contribution in [1.82, 2.24) is 0 Å². The number of carbonyl (C=O) groups is 1. The second kappa shape index (κ2) is 6.42. The predicted octanol–water partition coefficient (Wildman–Crippen LogP) is 4.73. The quantitative estimate of drug-likeness (QED) is 0.857. The molecule has 0 spiro atoms. The molecule has 4 heteroatoms. The molecule has 0 saturated heterocycles. The lowest BCUT2D eigenvalue weighted by Crippen LogP contribution is -2.39. The van der Waals surface area contributed by atoms with Gasteiger partial charge in [0.1, 0.15) is 5.60 Å². The Bertz CT molecular complexity index is 571. The Balaban J connectivity index is 1.75. The number of ether oxygens (including phenoxy) is 1. The zero-order valence-electron chi connectivity index (χ0n) is 14.5. The first-order valence-electron chi connectivity index (χ1n) is 8.82. The molecule has 3 rings (SSSR count). The normalized spacial score (nSPS) is 18.7. The number of nitrogens with zero attached hydrogens (tertiary/aromatic N) is 1. The minimum absolute atomic E-state index is 0.241. The van der Waals surface area contributed by atoms with E-state index in [1.165, 1.54) is 36.9 Å². The van der Waals surface area contributed by atoms with Gasteiger partial charge in [0.25, 0.3) is 0 Å². The third-order valence-electron chi connectivity index (χ3n) is 4.54. The highest BCUT2D eigenvalue weighted by Crippen LogP contribution is 2.32. The Kier molecular flexibility index (Phi) is 4.51. The van der Waals surface area contributed by atoms with Crippen LogP contribution in [0.25, 0.3) is 0 Å². The van der Waals surface area contributed by atoms with E-state index in [2.05, 4.69) is 23.5 Å². The first-order chi connectivity index (χ1) is 10.9. The molecule has 1 fully saturated rings. The lowest BCUT2D eigenvalue weighted by Gasteiger charge is -2.32. The van der Waals surface area contributed by atoms with Gasteiger partial charge in [0.05, 0.1) is 5.69 Å². The summed E-state index contributed by atoms with van der Waals surface area (Å²) in [5, 5.41) is 3.64. The fourth-order valence-electron chi connectivity index (χ4n) is 3.50. The first kappa shape index (κ1) is 16.2. The maximum atomic E-state index is 12.4. The van der Waals surface area contributed by atoms with Crippen molar-refractivity contribution >= 4 is 17.5 Å². The Morgan fingerprint density at radius 2 is 1.96 bits per heavy atom. The van der Waals surface area contributed by atoms with Gasteiger partial charge in [-0.2, -0.15) is 0 Å². The van der Waals surface area contributed by atoms with Gasteiger partial charge in [0.2, 0.25) is 0 Å². The van der Waals surface area contributed by atoms with Crippen molar-refractivity contribution in [2.75, 3.05) is 16.8 Å². The van der Waals surface area contributed by atoms with Crippen molar-refractivity contribution in [3.8, 4) is 0 Å². The van der Waals surface area contributed by atoms with Crippen LogP contribution in [0.3, 0.4) is 0 Å². The molecule has 1 saturated carbocycles. The van der Waals surface area contributed by atoms with E-state index in [1.54, 1.807) is 4.90 Å². The van der Waals surface area contributed by atoms with Crippen molar-refractivity contribution in [3.05, 3.63) is 23.8 Å². The minimum Gasteiger partial charge on any atom is -0.443 e. The van der Waals surface area contributed by atoms with Gasteiger partial charge in [0, 0.05) is 18.3 Å². The van der Waals surface area contributed by atoms with E-state index in [9.17, 15) is 4.79 Å². The largest absolute Gasteiger partial charge is 0.443 e. The number of anilines is 2. The summed E-state index contributed by atoms with van der Waals surface area (Å²) in [6, 6.07) is 6.98. The molecule has 0 radical (unpaired) electrons. The van der Waals surface area contributed by atoms with Crippen molar-refractivity contribution in [2.45, 2.75) is 70.9 Å². The topological polar surface area (TPSA) is 41.6 Å². The van der Waals surface area contributed by atoms with Crippen LogP contribution in [0.15, 0.2) is 18.2 Å². The molecule has 1 aromatic carbocycles. The van der Waals surface area contributed by atoms with Crippen LogP contribution in [0.2, 0.25) is 0 Å². The summed E-state index contributed by atoms with van der Waals surface area (Å²) in [6.45, 7) is 6.45. The molecular formula is C19H28N2O2. The fraction of sp³-hybridized carbons (Fsp3) is 0.632. The summed E-state index contributed by atoms with van der Waals surface area (Å²) in [7, 11) is 0. The summed E-state index contributed by atoms with van der Waals surface area (Å²) in [4.78, 5) is 14.2. The molecule has 2 aliphatic rings. The Hall–Kier alpha value is -1.71. The maximum Gasteiger partial charge on any atom is 0.414 e. The third kappa shape index (κ3) is 3.98. The summed E-state index contributed by atoms with van der Waals surface area (Å²) in [5.41, 5.74) is 2.97. The Morgan fingerprint density at radius 3 is 2.65 bits per heavy atom. The Morgan fingerprint density at radius 1 is 1.22 bits per heavy atom. The number of hydrogen-bond acceptors (Lipinski definition) is 3. The minimum atomic E-state index is -0.460. The molecule has 1 aliphatic carbocycles. The number of rotatable bonds is 2. The lowest BCUT2D eigenvalue weighted by molar-refractivity contribution is 0.0578. The standard InChI is InChI=1S/C19H28N2O2/c1-19(2,3)23-18(22)21-12-6-7-14-13-16(10-11-17(14)21)20-15-8-4-5-9-15/h10-11,13,15,20H,4-9,12H2,1-3H3. The number of aryl methyl sites for hydroxylation is 1. The van der Waals surface area contributed by atoms with E-state index in [1.807, 2.05) is 20.8 Å². The van der Waals surface area contributed by atoms with E-state index in [0.29, 0.717) is 6.04 Å². The average Bonchev–Trinajstić information content (AvgIpc) is 2.97. The number of nitrogens with one attached hydrogen (secondary N) is 1. The SMILES string of the molecule is CC(C)(C)OC(=O)N1CCCc2cc(NC3CCCC3)ccc21. The molecule has 0 bridgehead atoms. The molecule has 1 aromatic rings. The first-order valence-corrected chi connectivity index (χ1v) is 8.82. The van der Waals surface area contributed by atoms with Crippen LogP contribution in [0.5, 0.6) is 0 Å². The van der Waals surface area contributed by atoms with E-state index < -0.39 is 5.60 Å². The summed E-state index contributed by atoms with van der Waals surface area (Å²) in [5.74, 6) is 0. The summed E-state index contributed by atoms with van der Waals surface area (Å²) in [6.07, 6.45) is 6.95. The van der Waals surface area contributed by atoms with Crippen LogP contribution in [-0.2, 0) is 11.2 Å². The van der Waals surface area contributed by atoms with Gasteiger partial charge in [-0.05, 0) is 70.2 Å². The molecule has 0 unspecified atom stereocenters. The molecule has 1 heterocycles. The number of carbonyl (C=O) groups excluding carboxylic acids is 1. The van der Waals surface area contributed by atoms with Crippen LogP contribution in [0.4, 0.5) is 16.2 Å². The highest BCUT2D eigenvalue weighted by Gasteiger charge is 2.27. The van der Waals surface area contributed by atoms with E-state index in [4.69, 9.17) is 4.74 Å². The van der Waals surface area contributed by atoms with Crippen molar-refractivity contribution in [3.63, 3.8) is 0 Å². The zero-order valence-corrected chi connectivity index (χ0v) is 14.5. The highest BCUT2D eigenvalue weighted by molar-refractivity contribution is 5.90. The number of amides is 1. The smallest absolute Gasteiger partial charge is 0.414 e. The van der Waals surface area contributed by atoms with Crippen LogP contribution in [-0.4, -0.2) is 24.3 Å². The lowest BCUT2D eigenvalue weighted by atomic mass is 10.0. The molecule has 0 atom stereocenters. The predicted molar refractivity (Wildman–Crippen MR) is 94.2 cm³/mol. The van der Waals surface area contributed by atoms with E-state index in [0.717, 1.165) is 25.1 Å². The van der Waals surface area contributed by atoms with Crippen LogP contribution < -0.4 is 10.2 Å². The number of fused-ring (bicyclic) bond motifs is 1.